The fraction of sp³-hybridized carbons (Fsp3) is 0.158. The number of amides is 1. The highest BCUT2D eigenvalue weighted by molar-refractivity contribution is 6.12. The molecule has 3 aromatic rings. The zero-order valence-corrected chi connectivity index (χ0v) is 13.2. The molecule has 1 heterocycles. The Bertz CT molecular complexity index is 941. The van der Waals surface area contributed by atoms with Crippen LogP contribution in [0.4, 0.5) is 5.69 Å². The third-order valence-corrected chi connectivity index (χ3v) is 3.98. The van der Waals surface area contributed by atoms with Crippen molar-refractivity contribution in [1.29, 1.82) is 0 Å². The maximum Gasteiger partial charge on any atom is 0.258 e. The van der Waals surface area contributed by atoms with E-state index in [2.05, 4.69) is 5.32 Å². The highest BCUT2D eigenvalue weighted by Crippen LogP contribution is 2.20. The second-order valence-electron chi connectivity index (χ2n) is 5.47. The molecule has 0 atom stereocenters. The van der Waals surface area contributed by atoms with Crippen LogP contribution in [0.2, 0.25) is 0 Å². The van der Waals surface area contributed by atoms with E-state index in [0.29, 0.717) is 16.3 Å². The molecule has 4 heteroatoms. The van der Waals surface area contributed by atoms with Gasteiger partial charge in [-0.25, -0.2) is 0 Å². The van der Waals surface area contributed by atoms with Crippen LogP contribution in [0.15, 0.2) is 59.5 Å². The maximum atomic E-state index is 12.7. The largest absolute Gasteiger partial charge is 0.322 e. The van der Waals surface area contributed by atoms with E-state index < -0.39 is 0 Å². The van der Waals surface area contributed by atoms with Gasteiger partial charge in [0.15, 0.2) is 0 Å². The van der Waals surface area contributed by atoms with Gasteiger partial charge in [0, 0.05) is 29.7 Å². The summed E-state index contributed by atoms with van der Waals surface area (Å²) in [5.74, 6) is -0.210. The lowest BCUT2D eigenvalue weighted by atomic mass is 10.1. The van der Waals surface area contributed by atoms with Gasteiger partial charge in [0.1, 0.15) is 0 Å². The van der Waals surface area contributed by atoms with Gasteiger partial charge in [-0.1, -0.05) is 43.3 Å². The monoisotopic (exact) mass is 306 g/mol. The molecular weight excluding hydrogens is 288 g/mol. The second-order valence-corrected chi connectivity index (χ2v) is 5.47. The van der Waals surface area contributed by atoms with Gasteiger partial charge >= 0.3 is 0 Å². The molecule has 116 valence electrons. The first kappa shape index (κ1) is 15.0. The average molecular weight is 306 g/mol. The number of rotatable bonds is 3. The Morgan fingerprint density at radius 1 is 1.04 bits per heavy atom. The van der Waals surface area contributed by atoms with Gasteiger partial charge in [0.2, 0.25) is 0 Å². The average Bonchev–Trinajstić information content (AvgIpc) is 2.58. The highest BCUT2D eigenvalue weighted by atomic mass is 16.2. The minimum atomic E-state index is -0.210. The zero-order chi connectivity index (χ0) is 16.4. The fourth-order valence-corrected chi connectivity index (χ4v) is 2.74. The van der Waals surface area contributed by atoms with E-state index >= 15 is 0 Å². The summed E-state index contributed by atoms with van der Waals surface area (Å²) < 4.78 is 1.45. The molecule has 0 spiro atoms. The van der Waals surface area contributed by atoms with Crippen molar-refractivity contribution in [3.8, 4) is 0 Å². The first-order valence-electron chi connectivity index (χ1n) is 7.59. The number of benzene rings is 2. The topological polar surface area (TPSA) is 51.1 Å². The maximum absolute atomic E-state index is 12.7. The molecule has 0 aliphatic heterocycles. The summed E-state index contributed by atoms with van der Waals surface area (Å²) in [4.78, 5) is 24.9. The van der Waals surface area contributed by atoms with Crippen LogP contribution in [0.3, 0.4) is 0 Å². The van der Waals surface area contributed by atoms with Crippen molar-refractivity contribution in [2.45, 2.75) is 13.3 Å². The Labute approximate surface area is 134 Å². The number of aryl methyl sites for hydroxylation is 2. The molecule has 0 aliphatic carbocycles. The summed E-state index contributed by atoms with van der Waals surface area (Å²) in [6.07, 6.45) is 2.43. The first-order chi connectivity index (χ1) is 11.1. The summed E-state index contributed by atoms with van der Waals surface area (Å²) in [5, 5.41) is 4.18. The predicted octanol–water partition coefficient (Wildman–Crippen LogP) is 3.35. The van der Waals surface area contributed by atoms with Crippen molar-refractivity contribution in [3.05, 3.63) is 76.2 Å². The number of hydrogen-bond donors (Lipinski definition) is 1. The number of nitrogens with one attached hydrogen (secondary N) is 1. The molecule has 0 fully saturated rings. The van der Waals surface area contributed by atoms with Crippen molar-refractivity contribution in [2.75, 3.05) is 5.32 Å². The normalized spacial score (nSPS) is 10.7. The van der Waals surface area contributed by atoms with E-state index in [1.54, 1.807) is 31.4 Å². The van der Waals surface area contributed by atoms with E-state index in [1.807, 2.05) is 37.3 Å². The summed E-state index contributed by atoms with van der Waals surface area (Å²) in [6, 6.07) is 14.9. The number of pyridine rings is 1. The Kier molecular flexibility index (Phi) is 3.98. The number of aromatic nitrogens is 1. The molecule has 0 radical (unpaired) electrons. The van der Waals surface area contributed by atoms with Crippen molar-refractivity contribution >= 4 is 22.4 Å². The third kappa shape index (κ3) is 2.75. The minimum Gasteiger partial charge on any atom is -0.322 e. The van der Waals surface area contributed by atoms with Crippen LogP contribution in [0.5, 0.6) is 0 Å². The van der Waals surface area contributed by atoms with E-state index in [9.17, 15) is 9.59 Å². The van der Waals surface area contributed by atoms with E-state index in [0.717, 1.165) is 17.7 Å². The molecule has 0 saturated heterocycles. The number of carbonyl (C=O) groups is 1. The SMILES string of the molecule is CCc1ccccc1NC(=O)c1cn(C)c(=O)c2ccccc12. The second kappa shape index (κ2) is 6.08. The third-order valence-electron chi connectivity index (χ3n) is 3.98. The van der Waals surface area contributed by atoms with Crippen LogP contribution in [0.25, 0.3) is 10.8 Å². The highest BCUT2D eigenvalue weighted by Gasteiger charge is 2.14. The summed E-state index contributed by atoms with van der Waals surface area (Å²) in [6.45, 7) is 2.05. The number of anilines is 1. The fourth-order valence-electron chi connectivity index (χ4n) is 2.74. The Hall–Kier alpha value is -2.88. The van der Waals surface area contributed by atoms with E-state index in [-0.39, 0.29) is 11.5 Å². The summed E-state index contributed by atoms with van der Waals surface area (Å²) in [7, 11) is 1.66. The van der Waals surface area contributed by atoms with Crippen LogP contribution in [0.1, 0.15) is 22.8 Å². The number of fused-ring (bicyclic) bond motifs is 1. The molecule has 4 nitrogen and oxygen atoms in total. The summed E-state index contributed by atoms with van der Waals surface area (Å²) >= 11 is 0. The van der Waals surface area contributed by atoms with E-state index in [4.69, 9.17) is 0 Å². The van der Waals surface area contributed by atoms with Crippen molar-refractivity contribution < 1.29 is 4.79 Å². The van der Waals surface area contributed by atoms with Gasteiger partial charge in [0.25, 0.3) is 11.5 Å². The molecule has 1 N–H and O–H groups in total. The quantitative estimate of drug-likeness (QED) is 0.806. The molecular formula is C19H18N2O2. The Morgan fingerprint density at radius 3 is 2.43 bits per heavy atom. The Balaban J connectivity index is 2.08. The van der Waals surface area contributed by atoms with Gasteiger partial charge in [0.05, 0.1) is 5.56 Å². The van der Waals surface area contributed by atoms with Gasteiger partial charge in [-0.05, 0) is 24.1 Å². The molecule has 2 aromatic carbocycles. The molecule has 0 bridgehead atoms. The first-order valence-corrected chi connectivity index (χ1v) is 7.59. The predicted molar refractivity (Wildman–Crippen MR) is 93.0 cm³/mol. The minimum absolute atomic E-state index is 0.105. The zero-order valence-electron chi connectivity index (χ0n) is 13.2. The number of para-hydroxylation sites is 1. The summed E-state index contributed by atoms with van der Waals surface area (Å²) in [5.41, 5.74) is 2.27. The Morgan fingerprint density at radius 2 is 1.70 bits per heavy atom. The van der Waals surface area contributed by atoms with Crippen LogP contribution < -0.4 is 10.9 Å². The molecule has 0 aliphatic rings. The standard InChI is InChI=1S/C19H18N2O2/c1-3-13-8-4-7-11-17(13)20-18(22)16-12-21(2)19(23)15-10-6-5-9-14(15)16/h4-12H,3H2,1-2H3,(H,20,22). The molecule has 0 unspecified atom stereocenters. The van der Waals surface area contributed by atoms with Crippen molar-refractivity contribution in [2.24, 2.45) is 7.05 Å². The molecule has 1 amide bonds. The molecule has 3 rings (SSSR count). The number of nitrogens with zero attached hydrogens (tertiary/aromatic N) is 1. The lowest BCUT2D eigenvalue weighted by Crippen LogP contribution is -2.21. The van der Waals surface area contributed by atoms with Gasteiger partial charge in [-0.2, -0.15) is 0 Å². The van der Waals surface area contributed by atoms with Crippen LogP contribution in [-0.4, -0.2) is 10.5 Å². The van der Waals surface area contributed by atoms with Crippen LogP contribution >= 0.6 is 0 Å². The number of hydrogen-bond acceptors (Lipinski definition) is 2. The molecule has 23 heavy (non-hydrogen) atoms. The smallest absolute Gasteiger partial charge is 0.258 e. The van der Waals surface area contributed by atoms with Crippen LogP contribution in [-0.2, 0) is 13.5 Å². The van der Waals surface area contributed by atoms with Crippen LogP contribution in [0, 0.1) is 0 Å². The van der Waals surface area contributed by atoms with Gasteiger partial charge in [-0.3, -0.25) is 9.59 Å². The lowest BCUT2D eigenvalue weighted by molar-refractivity contribution is 0.102. The van der Waals surface area contributed by atoms with E-state index in [1.165, 1.54) is 4.57 Å². The lowest BCUT2D eigenvalue weighted by Gasteiger charge is -2.12. The van der Waals surface area contributed by atoms with Gasteiger partial charge < -0.3 is 9.88 Å². The molecule has 0 saturated carbocycles. The molecule has 1 aromatic heterocycles. The van der Waals surface area contributed by atoms with Gasteiger partial charge in [-0.15, -0.1) is 0 Å². The van der Waals surface area contributed by atoms with Crippen molar-refractivity contribution in [3.63, 3.8) is 0 Å². The van der Waals surface area contributed by atoms with Crippen molar-refractivity contribution in [1.82, 2.24) is 4.57 Å². The number of carbonyl (C=O) groups excluding carboxylic acids is 1.